The zero-order valence-electron chi connectivity index (χ0n) is 30.4. The molecule has 1 saturated carbocycles. The predicted molar refractivity (Wildman–Crippen MR) is 192 cm³/mol. The molecule has 3 aromatic rings. The Hall–Kier alpha value is -4.12. The van der Waals surface area contributed by atoms with Crippen LogP contribution >= 0.6 is 0 Å². The van der Waals surface area contributed by atoms with E-state index in [0.717, 1.165) is 36.0 Å². The number of carbonyl (C=O) groups excluding carboxylic acids is 2. The molecule has 2 atom stereocenters. The second-order valence-corrected chi connectivity index (χ2v) is 15.1. The summed E-state index contributed by atoms with van der Waals surface area (Å²) in [6.07, 6.45) is 10.3. The van der Waals surface area contributed by atoms with Gasteiger partial charge in [-0.2, -0.15) is 0 Å². The highest BCUT2D eigenvalue weighted by molar-refractivity contribution is 6.03. The van der Waals surface area contributed by atoms with Crippen LogP contribution in [0.1, 0.15) is 82.6 Å². The van der Waals surface area contributed by atoms with Crippen LogP contribution in [0, 0.1) is 12.8 Å². The molecule has 2 fully saturated rings. The van der Waals surface area contributed by atoms with E-state index >= 15 is 0 Å². The van der Waals surface area contributed by atoms with Gasteiger partial charge in [0.15, 0.2) is 11.8 Å². The van der Waals surface area contributed by atoms with Crippen molar-refractivity contribution >= 4 is 28.9 Å². The summed E-state index contributed by atoms with van der Waals surface area (Å²) in [5.74, 6) is 2.23. The highest BCUT2D eigenvalue weighted by Gasteiger charge is 2.42. The van der Waals surface area contributed by atoms with Crippen LogP contribution in [-0.4, -0.2) is 102 Å². The third-order valence-corrected chi connectivity index (χ3v) is 9.92. The maximum atomic E-state index is 13.9. The molecule has 0 radical (unpaired) electrons. The molecular formula is C39H53N5O6. The highest BCUT2D eigenvalue weighted by atomic mass is 16.6. The van der Waals surface area contributed by atoms with Gasteiger partial charge in [0.05, 0.1) is 18.5 Å². The first kappa shape index (κ1) is 35.7. The van der Waals surface area contributed by atoms with Gasteiger partial charge < -0.3 is 33.3 Å². The molecule has 0 bridgehead atoms. The predicted octanol–water partition coefficient (Wildman–Crippen LogP) is 6.60. The monoisotopic (exact) mass is 687 g/mol. The second kappa shape index (κ2) is 15.8. The number of ether oxygens (including phenoxy) is 3. The summed E-state index contributed by atoms with van der Waals surface area (Å²) >= 11 is 0. The summed E-state index contributed by atoms with van der Waals surface area (Å²) in [5, 5.41) is 0.853. The molecule has 0 spiro atoms. The number of aliphatic imine (C=N–C) groups is 1. The smallest absolute Gasteiger partial charge is 0.410 e. The normalized spacial score (nSPS) is 20.4. The lowest BCUT2D eigenvalue weighted by Crippen LogP contribution is -2.51. The number of amides is 2. The van der Waals surface area contributed by atoms with Gasteiger partial charge in [-0.3, -0.25) is 9.78 Å². The lowest BCUT2D eigenvalue weighted by Gasteiger charge is -2.34. The number of piperazine rings is 1. The Labute approximate surface area is 295 Å². The minimum atomic E-state index is -0.603. The third-order valence-electron chi connectivity index (χ3n) is 9.92. The number of pyridine rings is 1. The summed E-state index contributed by atoms with van der Waals surface area (Å²) in [5.41, 5.74) is 1.86. The Kier molecular flexibility index (Phi) is 11.3. The Morgan fingerprint density at radius 1 is 1.04 bits per heavy atom. The molecule has 3 aliphatic rings. The first-order chi connectivity index (χ1) is 24.1. The van der Waals surface area contributed by atoms with Crippen LogP contribution in [0.2, 0.25) is 0 Å². The number of carbonyl (C=O) groups is 2. The van der Waals surface area contributed by atoms with Crippen molar-refractivity contribution in [3.63, 3.8) is 0 Å². The van der Waals surface area contributed by atoms with E-state index in [1.807, 2.05) is 62.9 Å². The number of benzene rings is 1. The molecule has 4 heterocycles. The maximum Gasteiger partial charge on any atom is 0.410 e. The van der Waals surface area contributed by atoms with Crippen LogP contribution in [0.25, 0.3) is 11.0 Å². The number of fused-ring (bicyclic) bond motifs is 1. The minimum absolute atomic E-state index is 0.0515. The van der Waals surface area contributed by atoms with E-state index in [-0.39, 0.29) is 18.1 Å². The molecule has 6 rings (SSSR count). The number of hydrogen-bond acceptors (Lipinski definition) is 9. The van der Waals surface area contributed by atoms with Crippen molar-refractivity contribution in [2.24, 2.45) is 10.9 Å². The Morgan fingerprint density at radius 2 is 1.82 bits per heavy atom. The highest BCUT2D eigenvalue weighted by Crippen LogP contribution is 2.37. The van der Waals surface area contributed by atoms with E-state index in [9.17, 15) is 9.59 Å². The molecule has 1 aromatic carbocycles. The first-order valence-electron chi connectivity index (χ1n) is 18.3. The lowest BCUT2D eigenvalue weighted by atomic mass is 9.84. The second-order valence-electron chi connectivity index (χ2n) is 15.1. The van der Waals surface area contributed by atoms with Crippen molar-refractivity contribution in [2.75, 3.05) is 46.4 Å². The first-order valence-corrected chi connectivity index (χ1v) is 18.3. The molecule has 1 aliphatic carbocycles. The molecule has 2 aliphatic heterocycles. The van der Waals surface area contributed by atoms with Gasteiger partial charge in [0.2, 0.25) is 0 Å². The SMILES string of the molecule is Cc1c(C2=N[C@H](C(=O)N3CCN(C)CC3)[C@@H](CC3CCCCC3)O2)oc2cccc(OCCCN(Cc3cccnc3)C(=O)OC(C)(C)C)c12. The van der Waals surface area contributed by atoms with Crippen LogP contribution in [0.15, 0.2) is 52.1 Å². The average molecular weight is 688 g/mol. The molecule has 270 valence electrons. The van der Waals surface area contributed by atoms with E-state index in [2.05, 4.69) is 16.9 Å². The van der Waals surface area contributed by atoms with Crippen molar-refractivity contribution < 1.29 is 28.2 Å². The Morgan fingerprint density at radius 3 is 2.54 bits per heavy atom. The molecule has 11 heteroatoms. The zero-order valence-corrected chi connectivity index (χ0v) is 30.4. The van der Waals surface area contributed by atoms with E-state index in [0.29, 0.717) is 68.1 Å². The molecule has 50 heavy (non-hydrogen) atoms. The number of hydrogen-bond donors (Lipinski definition) is 0. The number of rotatable bonds is 11. The third kappa shape index (κ3) is 8.78. The van der Waals surface area contributed by atoms with Gasteiger partial charge in [-0.05, 0) is 77.3 Å². The Bertz CT molecular complexity index is 1640. The van der Waals surface area contributed by atoms with Crippen LogP contribution in [0.4, 0.5) is 4.79 Å². The maximum absolute atomic E-state index is 13.9. The van der Waals surface area contributed by atoms with Crippen molar-refractivity contribution in [1.82, 2.24) is 19.7 Å². The number of aromatic nitrogens is 1. The molecule has 1 saturated heterocycles. The van der Waals surface area contributed by atoms with E-state index in [4.69, 9.17) is 23.6 Å². The fourth-order valence-corrected chi connectivity index (χ4v) is 7.22. The van der Waals surface area contributed by atoms with E-state index in [1.54, 1.807) is 17.3 Å². The molecule has 2 aromatic heterocycles. The molecule has 11 nitrogen and oxygen atoms in total. The summed E-state index contributed by atoms with van der Waals surface area (Å²) in [6.45, 7) is 11.9. The fraction of sp³-hybridized carbons (Fsp3) is 0.590. The average Bonchev–Trinajstić information content (AvgIpc) is 3.67. The zero-order chi connectivity index (χ0) is 35.3. The topological polar surface area (TPSA) is 110 Å². The summed E-state index contributed by atoms with van der Waals surface area (Å²) in [6, 6.07) is 8.99. The Balaban J connectivity index is 1.16. The van der Waals surface area contributed by atoms with Crippen molar-refractivity contribution in [3.8, 4) is 5.75 Å². The van der Waals surface area contributed by atoms with Gasteiger partial charge in [-0.15, -0.1) is 0 Å². The number of nitrogens with zero attached hydrogens (tertiary/aromatic N) is 5. The minimum Gasteiger partial charge on any atom is -0.493 e. The van der Waals surface area contributed by atoms with Crippen molar-refractivity contribution in [2.45, 2.75) is 96.9 Å². The molecule has 0 N–H and O–H groups in total. The van der Waals surface area contributed by atoms with Gasteiger partial charge in [0.1, 0.15) is 23.0 Å². The quantitative estimate of drug-likeness (QED) is 0.208. The van der Waals surface area contributed by atoms with Crippen LogP contribution in [0.5, 0.6) is 5.75 Å². The number of likely N-dealkylation sites (N-methyl/N-ethyl adjacent to an activating group) is 1. The summed E-state index contributed by atoms with van der Waals surface area (Å²) < 4.78 is 25.0. The van der Waals surface area contributed by atoms with E-state index in [1.165, 1.54) is 32.1 Å². The van der Waals surface area contributed by atoms with E-state index < -0.39 is 11.6 Å². The largest absolute Gasteiger partial charge is 0.493 e. The van der Waals surface area contributed by atoms with Crippen LogP contribution in [-0.2, 0) is 20.8 Å². The van der Waals surface area contributed by atoms with Gasteiger partial charge >= 0.3 is 6.09 Å². The summed E-state index contributed by atoms with van der Waals surface area (Å²) in [7, 11) is 2.09. The molecular weight excluding hydrogens is 634 g/mol. The van der Waals surface area contributed by atoms with Gasteiger partial charge in [-0.1, -0.05) is 44.2 Å². The summed E-state index contributed by atoms with van der Waals surface area (Å²) in [4.78, 5) is 42.0. The van der Waals surface area contributed by atoms with Gasteiger partial charge in [0, 0.05) is 50.7 Å². The van der Waals surface area contributed by atoms with Gasteiger partial charge in [0.25, 0.3) is 11.8 Å². The van der Waals surface area contributed by atoms with Crippen LogP contribution < -0.4 is 4.74 Å². The van der Waals surface area contributed by atoms with Gasteiger partial charge in [-0.25, -0.2) is 9.79 Å². The van der Waals surface area contributed by atoms with Crippen molar-refractivity contribution in [1.29, 1.82) is 0 Å². The molecule has 2 amide bonds. The number of furan rings is 1. The standard InChI is InChI=1S/C39H53N5O6/c1-27-33-30(47-23-11-18-44(38(46)50-39(2,3)4)26-29-14-10-17-40-25-29)15-9-16-31(33)48-35(27)36-41-34(37(45)43-21-19-42(5)20-22-43)32(49-36)24-28-12-7-6-8-13-28/h9-10,14-17,25,28,32,34H,6-8,11-13,18-24,26H2,1-5H3/t32-,34+/m1/s1. The number of aryl methyl sites for hydroxylation is 1. The lowest BCUT2D eigenvalue weighted by molar-refractivity contribution is -0.135. The molecule has 0 unspecified atom stereocenters. The van der Waals surface area contributed by atoms with Crippen LogP contribution in [0.3, 0.4) is 0 Å². The van der Waals surface area contributed by atoms with Crippen molar-refractivity contribution in [3.05, 3.63) is 59.6 Å². The fourth-order valence-electron chi connectivity index (χ4n) is 7.22.